The quantitative estimate of drug-likeness (QED) is 0.593. The van der Waals surface area contributed by atoms with E-state index in [1.54, 1.807) is 13.8 Å². The maximum Gasteiger partial charge on any atom is 0.305 e. The zero-order valence-corrected chi connectivity index (χ0v) is 8.50. The van der Waals surface area contributed by atoms with Gasteiger partial charge in [0.05, 0.1) is 5.92 Å². The molecule has 0 aromatic heterocycles. The second-order valence-corrected chi connectivity index (χ2v) is 3.08. The Morgan fingerprint density at radius 1 is 1.46 bits per heavy atom. The molecule has 0 rings (SSSR count). The molecule has 3 nitrogen and oxygen atoms in total. The van der Waals surface area contributed by atoms with Gasteiger partial charge in [-0.25, -0.2) is 0 Å². The minimum atomic E-state index is -0.324. The first kappa shape index (κ1) is 12.1. The molecule has 0 heterocycles. The highest BCUT2D eigenvalue weighted by atomic mass is 16.5. The Morgan fingerprint density at radius 3 is 2.46 bits per heavy atom. The van der Waals surface area contributed by atoms with Crippen LogP contribution >= 0.6 is 0 Å². The second kappa shape index (κ2) is 6.63. The van der Waals surface area contributed by atoms with E-state index in [0.29, 0.717) is 6.42 Å². The molecule has 0 N–H and O–H groups in total. The molecule has 0 saturated carbocycles. The summed E-state index contributed by atoms with van der Waals surface area (Å²) in [6.07, 6.45) is 3.53. The van der Waals surface area contributed by atoms with Gasteiger partial charge in [0.2, 0.25) is 6.29 Å². The third-order valence-corrected chi connectivity index (χ3v) is 1.89. The van der Waals surface area contributed by atoms with Crippen molar-refractivity contribution in [3.05, 3.63) is 0 Å². The van der Waals surface area contributed by atoms with Crippen LogP contribution in [0.25, 0.3) is 0 Å². The Bertz CT molecular complexity index is 166. The van der Waals surface area contributed by atoms with E-state index >= 15 is 0 Å². The summed E-state index contributed by atoms with van der Waals surface area (Å²) in [4.78, 5) is 21.3. The molecule has 0 aliphatic carbocycles. The van der Waals surface area contributed by atoms with Gasteiger partial charge in [0, 0.05) is 6.42 Å². The van der Waals surface area contributed by atoms with Gasteiger partial charge in [-0.1, -0.05) is 27.2 Å². The van der Waals surface area contributed by atoms with Gasteiger partial charge in [0.15, 0.2) is 0 Å². The molecule has 2 atom stereocenters. The second-order valence-electron chi connectivity index (χ2n) is 3.08. The molecule has 0 aliphatic heterocycles. The number of ether oxygens (including phenoxy) is 1. The molecule has 3 heteroatoms. The van der Waals surface area contributed by atoms with Gasteiger partial charge in [-0.15, -0.1) is 0 Å². The lowest BCUT2D eigenvalue weighted by atomic mass is 10.0. The standard InChI is InChI=1S/C10H17O3/c1-4-6-9(8(3)7-11)13-10(12)5-2/h8-9H,4-6H2,1-3H3. The summed E-state index contributed by atoms with van der Waals surface area (Å²) in [5, 5.41) is 0. The normalized spacial score (nSPS) is 14.7. The zero-order chi connectivity index (χ0) is 10.3. The fourth-order valence-corrected chi connectivity index (χ4v) is 1.02. The first-order chi connectivity index (χ1) is 6.15. The van der Waals surface area contributed by atoms with E-state index < -0.39 is 0 Å². The van der Waals surface area contributed by atoms with Gasteiger partial charge in [-0.05, 0) is 6.42 Å². The monoisotopic (exact) mass is 185 g/mol. The van der Waals surface area contributed by atoms with Crippen LogP contribution in [0.5, 0.6) is 0 Å². The van der Waals surface area contributed by atoms with Crippen LogP contribution in [0.4, 0.5) is 0 Å². The van der Waals surface area contributed by atoms with Gasteiger partial charge < -0.3 is 4.74 Å². The summed E-state index contributed by atoms with van der Waals surface area (Å²) < 4.78 is 5.09. The lowest BCUT2D eigenvalue weighted by molar-refractivity contribution is -0.150. The van der Waals surface area contributed by atoms with Crippen LogP contribution in [0.3, 0.4) is 0 Å². The van der Waals surface area contributed by atoms with Crippen LogP contribution in [-0.2, 0) is 14.3 Å². The lowest BCUT2D eigenvalue weighted by Gasteiger charge is -2.18. The van der Waals surface area contributed by atoms with Crippen molar-refractivity contribution in [2.75, 3.05) is 0 Å². The summed E-state index contributed by atoms with van der Waals surface area (Å²) in [6.45, 7) is 5.45. The fourth-order valence-electron chi connectivity index (χ4n) is 1.02. The summed E-state index contributed by atoms with van der Waals surface area (Å²) in [7, 11) is 0. The van der Waals surface area contributed by atoms with Crippen LogP contribution < -0.4 is 0 Å². The van der Waals surface area contributed by atoms with Gasteiger partial charge in [0.25, 0.3) is 0 Å². The van der Waals surface area contributed by atoms with Crippen molar-refractivity contribution >= 4 is 12.3 Å². The third kappa shape index (κ3) is 4.65. The average Bonchev–Trinajstić information content (AvgIpc) is 2.15. The highest BCUT2D eigenvalue weighted by molar-refractivity contribution is 5.69. The highest BCUT2D eigenvalue weighted by Crippen LogP contribution is 2.12. The first-order valence-electron chi connectivity index (χ1n) is 4.72. The lowest BCUT2D eigenvalue weighted by Crippen LogP contribution is -2.25. The smallest absolute Gasteiger partial charge is 0.305 e. The van der Waals surface area contributed by atoms with Crippen LogP contribution in [-0.4, -0.2) is 18.4 Å². The van der Waals surface area contributed by atoms with Crippen molar-refractivity contribution < 1.29 is 14.3 Å². The van der Waals surface area contributed by atoms with Crippen molar-refractivity contribution in [2.24, 2.45) is 5.92 Å². The number of esters is 1. The molecule has 0 bridgehead atoms. The van der Waals surface area contributed by atoms with Gasteiger partial charge >= 0.3 is 5.97 Å². The Balaban J connectivity index is 4.07. The SMILES string of the molecule is CCCC(OC(=O)CC)C(C)[C]=O. The van der Waals surface area contributed by atoms with Crippen LogP contribution in [0, 0.1) is 5.92 Å². The molecule has 2 unspecified atom stereocenters. The molecule has 0 saturated heterocycles. The van der Waals surface area contributed by atoms with Crippen molar-refractivity contribution in [3.63, 3.8) is 0 Å². The van der Waals surface area contributed by atoms with E-state index in [9.17, 15) is 9.59 Å². The largest absolute Gasteiger partial charge is 0.462 e. The van der Waals surface area contributed by atoms with Gasteiger partial charge in [-0.2, -0.15) is 0 Å². The Labute approximate surface area is 79.5 Å². The van der Waals surface area contributed by atoms with E-state index in [4.69, 9.17) is 4.74 Å². The predicted octanol–water partition coefficient (Wildman–Crippen LogP) is 1.85. The third-order valence-electron chi connectivity index (χ3n) is 1.89. The molecule has 0 aromatic carbocycles. The molecule has 0 aromatic rings. The summed E-state index contributed by atoms with van der Waals surface area (Å²) in [6, 6.07) is 0. The molecule has 0 aliphatic rings. The minimum Gasteiger partial charge on any atom is -0.462 e. The number of carbonyl (C=O) groups excluding carboxylic acids is 2. The van der Waals surface area contributed by atoms with Crippen molar-refractivity contribution in [1.82, 2.24) is 0 Å². The first-order valence-corrected chi connectivity index (χ1v) is 4.72. The van der Waals surface area contributed by atoms with E-state index in [1.807, 2.05) is 13.2 Å². The summed E-state index contributed by atoms with van der Waals surface area (Å²) in [5.74, 6) is -0.573. The minimum absolute atomic E-state index is 0.249. The van der Waals surface area contributed by atoms with E-state index in [2.05, 4.69) is 0 Å². The average molecular weight is 185 g/mol. The number of hydrogen-bond acceptors (Lipinski definition) is 3. The molecule has 0 fully saturated rings. The highest BCUT2D eigenvalue weighted by Gasteiger charge is 2.19. The van der Waals surface area contributed by atoms with E-state index in [-0.39, 0.29) is 18.0 Å². The maximum absolute atomic E-state index is 11.0. The zero-order valence-electron chi connectivity index (χ0n) is 8.50. The van der Waals surface area contributed by atoms with Crippen LogP contribution in [0.2, 0.25) is 0 Å². The summed E-state index contributed by atoms with van der Waals surface area (Å²) in [5.41, 5.74) is 0. The van der Waals surface area contributed by atoms with Crippen molar-refractivity contribution in [1.29, 1.82) is 0 Å². The molecule has 0 amide bonds. The van der Waals surface area contributed by atoms with Crippen molar-refractivity contribution in [3.8, 4) is 0 Å². The van der Waals surface area contributed by atoms with Crippen LogP contribution in [0.15, 0.2) is 0 Å². The van der Waals surface area contributed by atoms with Crippen molar-refractivity contribution in [2.45, 2.75) is 46.1 Å². The maximum atomic E-state index is 11.0. The van der Waals surface area contributed by atoms with E-state index in [0.717, 1.165) is 12.8 Å². The Morgan fingerprint density at radius 2 is 2.08 bits per heavy atom. The predicted molar refractivity (Wildman–Crippen MR) is 49.9 cm³/mol. The fraction of sp³-hybridized carbons (Fsp3) is 0.800. The Hall–Kier alpha value is -0.860. The topological polar surface area (TPSA) is 43.4 Å². The van der Waals surface area contributed by atoms with Gasteiger partial charge in [0.1, 0.15) is 6.10 Å². The number of hydrogen-bond donors (Lipinski definition) is 0. The molecule has 13 heavy (non-hydrogen) atoms. The number of carbonyl (C=O) groups is 1. The van der Waals surface area contributed by atoms with E-state index in [1.165, 1.54) is 0 Å². The van der Waals surface area contributed by atoms with Crippen LogP contribution in [0.1, 0.15) is 40.0 Å². The molecular weight excluding hydrogens is 168 g/mol. The molecule has 75 valence electrons. The van der Waals surface area contributed by atoms with Gasteiger partial charge in [-0.3, -0.25) is 9.59 Å². The number of rotatable bonds is 6. The summed E-state index contributed by atoms with van der Waals surface area (Å²) >= 11 is 0. The molecule has 1 radical (unpaired) electrons. The molecule has 0 spiro atoms. The molecular formula is C10H17O3. The Kier molecular flexibility index (Phi) is 6.20.